The molecule has 0 saturated heterocycles. The molecule has 1 aromatic heterocycles. The number of hydrazone groups is 1. The van der Waals surface area contributed by atoms with Gasteiger partial charge < -0.3 is 4.74 Å². The minimum atomic E-state index is -0.617. The largest absolute Gasteiger partial charge is 0.461 e. The van der Waals surface area contributed by atoms with Gasteiger partial charge in [-0.2, -0.15) is 21.7 Å². The van der Waals surface area contributed by atoms with E-state index in [0.717, 1.165) is 0 Å². The zero-order valence-electron chi connectivity index (χ0n) is 9.67. The van der Waals surface area contributed by atoms with E-state index >= 15 is 0 Å². The normalized spacial score (nSPS) is 10.6. The molecule has 94 valence electrons. The first-order chi connectivity index (χ1) is 8.69. The fourth-order valence-electron chi connectivity index (χ4n) is 1.06. The highest BCUT2D eigenvalue weighted by Gasteiger charge is 2.16. The molecule has 0 radical (unpaired) electrons. The van der Waals surface area contributed by atoms with E-state index in [4.69, 9.17) is 10.00 Å². The summed E-state index contributed by atoms with van der Waals surface area (Å²) < 4.78 is 4.84. The Bertz CT molecular complexity index is 488. The van der Waals surface area contributed by atoms with Crippen molar-refractivity contribution in [2.75, 3.05) is 6.61 Å². The van der Waals surface area contributed by atoms with E-state index in [1.165, 1.54) is 11.3 Å². The molecule has 0 atom stereocenters. The lowest BCUT2D eigenvalue weighted by Gasteiger charge is -2.04. The number of thiophene rings is 1. The molecule has 0 spiro atoms. The number of nitrogens with zero attached hydrogens (tertiary/aromatic N) is 2. The molecule has 0 aliphatic carbocycles. The summed E-state index contributed by atoms with van der Waals surface area (Å²) in [5.41, 5.74) is 2.73. The molecule has 0 unspecified atom stereocenters. The Morgan fingerprint density at radius 2 is 2.39 bits per heavy atom. The predicted octanol–water partition coefficient (Wildman–Crippen LogP) is 1.05. The number of carbonyl (C=O) groups excluding carboxylic acids is 2. The Labute approximate surface area is 108 Å². The third kappa shape index (κ3) is 3.99. The Kier molecular flexibility index (Phi) is 5.54. The van der Waals surface area contributed by atoms with E-state index < -0.39 is 11.9 Å². The highest BCUT2D eigenvalue weighted by atomic mass is 32.1. The lowest BCUT2D eigenvalue weighted by atomic mass is 10.2. The number of hydrogen-bond acceptors (Lipinski definition) is 6. The van der Waals surface area contributed by atoms with Crippen LogP contribution in [0, 0.1) is 11.3 Å². The average molecular weight is 265 g/mol. The van der Waals surface area contributed by atoms with Crippen molar-refractivity contribution in [3.05, 3.63) is 22.4 Å². The smallest absolute Gasteiger partial charge is 0.359 e. The number of esters is 1. The van der Waals surface area contributed by atoms with E-state index in [1.54, 1.807) is 29.8 Å². The van der Waals surface area contributed by atoms with Crippen LogP contribution in [0.3, 0.4) is 0 Å². The second-order valence-electron chi connectivity index (χ2n) is 3.06. The molecule has 0 aromatic carbocycles. The fraction of sp³-hybridized carbons (Fsp3) is 0.273. The Morgan fingerprint density at radius 3 is 2.94 bits per heavy atom. The maximum Gasteiger partial charge on any atom is 0.359 e. The van der Waals surface area contributed by atoms with Crippen molar-refractivity contribution in [1.29, 1.82) is 5.26 Å². The van der Waals surface area contributed by atoms with Crippen LogP contribution in [-0.4, -0.2) is 24.2 Å². The highest BCUT2D eigenvalue weighted by molar-refractivity contribution is 7.08. The minimum Gasteiger partial charge on any atom is -0.461 e. The summed E-state index contributed by atoms with van der Waals surface area (Å²) in [6.45, 7) is 1.89. The first-order valence-electron chi connectivity index (χ1n) is 5.12. The first-order valence-corrected chi connectivity index (χ1v) is 6.06. The molecule has 1 rings (SSSR count). The number of ether oxygens (including phenoxy) is 1. The van der Waals surface area contributed by atoms with Gasteiger partial charge in [0.05, 0.1) is 12.7 Å². The first kappa shape index (κ1) is 13.9. The van der Waals surface area contributed by atoms with Gasteiger partial charge in [-0.15, -0.1) is 0 Å². The van der Waals surface area contributed by atoms with Crippen LogP contribution in [0.4, 0.5) is 0 Å². The summed E-state index contributed by atoms with van der Waals surface area (Å²) in [6, 6.07) is 3.38. The summed E-state index contributed by atoms with van der Waals surface area (Å²) >= 11 is 1.39. The van der Waals surface area contributed by atoms with Gasteiger partial charge >= 0.3 is 5.97 Å². The summed E-state index contributed by atoms with van der Waals surface area (Å²) in [4.78, 5) is 22.8. The van der Waals surface area contributed by atoms with E-state index in [0.29, 0.717) is 5.56 Å². The zero-order chi connectivity index (χ0) is 13.4. The SMILES string of the molecule is CCOC(=O)/C(=N/NC(=O)CC#N)c1ccsc1. The summed E-state index contributed by atoms with van der Waals surface area (Å²) in [7, 11) is 0. The number of nitrogens with one attached hydrogen (secondary N) is 1. The van der Waals surface area contributed by atoms with Gasteiger partial charge in [0, 0.05) is 10.9 Å². The van der Waals surface area contributed by atoms with Crippen molar-refractivity contribution in [2.45, 2.75) is 13.3 Å². The molecule has 1 aromatic rings. The lowest BCUT2D eigenvalue weighted by molar-refractivity contribution is -0.134. The molecule has 0 saturated carbocycles. The molecule has 1 heterocycles. The van der Waals surface area contributed by atoms with Crippen molar-refractivity contribution >= 4 is 28.9 Å². The van der Waals surface area contributed by atoms with Gasteiger partial charge in [0.15, 0.2) is 5.71 Å². The molecule has 0 aliphatic rings. The monoisotopic (exact) mass is 265 g/mol. The zero-order valence-corrected chi connectivity index (χ0v) is 10.5. The molecular weight excluding hydrogens is 254 g/mol. The topological polar surface area (TPSA) is 91.5 Å². The second-order valence-corrected chi connectivity index (χ2v) is 3.84. The number of rotatable bonds is 5. The summed E-state index contributed by atoms with van der Waals surface area (Å²) in [5, 5.41) is 15.5. The van der Waals surface area contributed by atoms with Crippen LogP contribution in [0.5, 0.6) is 0 Å². The lowest BCUT2D eigenvalue weighted by Crippen LogP contribution is -2.25. The molecule has 0 fully saturated rings. The molecule has 6 nitrogen and oxygen atoms in total. The molecular formula is C11H11N3O3S. The number of hydrogen-bond donors (Lipinski definition) is 1. The average Bonchev–Trinajstić information content (AvgIpc) is 2.83. The molecule has 0 bridgehead atoms. The third-order valence-electron chi connectivity index (χ3n) is 1.80. The van der Waals surface area contributed by atoms with E-state index in [-0.39, 0.29) is 18.7 Å². The van der Waals surface area contributed by atoms with Gasteiger partial charge in [0.25, 0.3) is 5.91 Å². The van der Waals surface area contributed by atoms with Crippen molar-refractivity contribution in [3.8, 4) is 6.07 Å². The maximum absolute atomic E-state index is 11.6. The van der Waals surface area contributed by atoms with Crippen molar-refractivity contribution in [1.82, 2.24) is 5.43 Å². The second kappa shape index (κ2) is 7.19. The number of amides is 1. The van der Waals surface area contributed by atoms with Gasteiger partial charge in [0.2, 0.25) is 0 Å². The minimum absolute atomic E-state index is 0.0180. The number of nitriles is 1. The van der Waals surface area contributed by atoms with Gasteiger partial charge in [-0.3, -0.25) is 4.79 Å². The summed E-state index contributed by atoms with van der Waals surface area (Å²) in [5.74, 6) is -1.19. The van der Waals surface area contributed by atoms with Crippen LogP contribution in [0.15, 0.2) is 21.9 Å². The Hall–Kier alpha value is -2.20. The predicted molar refractivity (Wildman–Crippen MR) is 65.9 cm³/mol. The molecule has 1 amide bonds. The fourth-order valence-corrected chi connectivity index (χ4v) is 1.70. The van der Waals surface area contributed by atoms with Gasteiger partial charge in [-0.05, 0) is 18.4 Å². The van der Waals surface area contributed by atoms with Crippen molar-refractivity contribution in [2.24, 2.45) is 5.10 Å². The van der Waals surface area contributed by atoms with E-state index in [9.17, 15) is 9.59 Å². The Morgan fingerprint density at radius 1 is 1.61 bits per heavy atom. The van der Waals surface area contributed by atoms with E-state index in [1.807, 2.05) is 0 Å². The molecule has 1 N–H and O–H groups in total. The van der Waals surface area contributed by atoms with E-state index in [2.05, 4.69) is 10.5 Å². The van der Waals surface area contributed by atoms with Crippen LogP contribution in [0.25, 0.3) is 0 Å². The van der Waals surface area contributed by atoms with Gasteiger partial charge in [-0.25, -0.2) is 10.2 Å². The highest BCUT2D eigenvalue weighted by Crippen LogP contribution is 2.08. The third-order valence-corrected chi connectivity index (χ3v) is 2.48. The maximum atomic E-state index is 11.6. The van der Waals surface area contributed by atoms with Gasteiger partial charge in [0.1, 0.15) is 6.42 Å². The van der Waals surface area contributed by atoms with Crippen LogP contribution < -0.4 is 5.43 Å². The van der Waals surface area contributed by atoms with Crippen molar-refractivity contribution in [3.63, 3.8) is 0 Å². The van der Waals surface area contributed by atoms with Crippen LogP contribution in [0.2, 0.25) is 0 Å². The van der Waals surface area contributed by atoms with Crippen LogP contribution in [0.1, 0.15) is 18.9 Å². The van der Waals surface area contributed by atoms with Crippen LogP contribution in [-0.2, 0) is 14.3 Å². The van der Waals surface area contributed by atoms with Crippen molar-refractivity contribution < 1.29 is 14.3 Å². The summed E-state index contributed by atoms with van der Waals surface area (Å²) in [6.07, 6.45) is -0.316. The molecule has 18 heavy (non-hydrogen) atoms. The molecule has 7 heteroatoms. The quantitative estimate of drug-likeness (QED) is 0.489. The molecule has 0 aliphatic heterocycles. The van der Waals surface area contributed by atoms with Crippen LogP contribution >= 0.6 is 11.3 Å². The number of carbonyl (C=O) groups is 2. The van der Waals surface area contributed by atoms with Gasteiger partial charge in [-0.1, -0.05) is 0 Å². The Balaban J connectivity index is 2.85. The standard InChI is InChI=1S/C11H11N3O3S/c1-2-17-11(16)10(8-4-6-18-7-8)14-13-9(15)3-5-12/h4,6-7H,2-3H2,1H3,(H,13,15)/b14-10+.